The monoisotopic (exact) mass is 207 g/mol. The molecule has 0 spiro atoms. The van der Waals surface area contributed by atoms with Gasteiger partial charge < -0.3 is 0 Å². The van der Waals surface area contributed by atoms with Crippen molar-refractivity contribution >= 4 is 0 Å². The fraction of sp³-hybridized carbons (Fsp3) is 0.778. The molecule has 0 atom stereocenters. The quantitative estimate of drug-likeness (QED) is 0.613. The molecule has 1 aliphatic heterocycles. The molecule has 1 heterocycles. The van der Waals surface area contributed by atoms with Gasteiger partial charge in [0.2, 0.25) is 0 Å². The van der Waals surface area contributed by atoms with Gasteiger partial charge in [0.1, 0.15) is 0 Å². The lowest BCUT2D eigenvalue weighted by molar-refractivity contribution is -0.345. The molecule has 80 valence electrons. The Morgan fingerprint density at radius 2 is 1.93 bits per heavy atom. The number of alkyl halides is 3. The summed E-state index contributed by atoms with van der Waals surface area (Å²) >= 11 is 0. The largest absolute Gasteiger partial charge is 0.508 e. The van der Waals surface area contributed by atoms with E-state index in [0.29, 0.717) is 5.70 Å². The summed E-state index contributed by atoms with van der Waals surface area (Å²) in [6.07, 6.45) is 0.888. The molecule has 0 aromatic carbocycles. The lowest BCUT2D eigenvalue weighted by atomic mass is 10.0. The standard InChI is InChI=1S/C9H12F3NO/c10-9(11,12)13-8(5-6-14-13)7-3-1-2-4-7/h5,7H,1-4,6H2. The molecule has 0 aromatic rings. The number of allylic oxidation sites excluding steroid dienone is 1. The Morgan fingerprint density at radius 1 is 1.29 bits per heavy atom. The van der Waals surface area contributed by atoms with E-state index in [4.69, 9.17) is 0 Å². The molecule has 0 unspecified atom stereocenters. The summed E-state index contributed by atoms with van der Waals surface area (Å²) < 4.78 is 37.3. The first-order chi connectivity index (χ1) is 6.59. The Hall–Kier alpha value is -0.710. The van der Waals surface area contributed by atoms with Gasteiger partial charge in [-0.05, 0) is 18.9 Å². The van der Waals surface area contributed by atoms with Crippen LogP contribution in [-0.4, -0.2) is 18.0 Å². The fourth-order valence-electron chi connectivity index (χ4n) is 2.13. The molecule has 0 saturated heterocycles. The third kappa shape index (κ3) is 1.73. The average Bonchev–Trinajstić information content (AvgIpc) is 2.73. The number of nitrogens with zero attached hydrogens (tertiary/aromatic N) is 1. The maximum Gasteiger partial charge on any atom is 0.508 e. The molecule has 2 aliphatic rings. The van der Waals surface area contributed by atoms with E-state index in [1.54, 1.807) is 6.08 Å². The van der Waals surface area contributed by atoms with Gasteiger partial charge in [-0.2, -0.15) is 5.06 Å². The normalized spacial score (nSPS) is 24.5. The zero-order valence-electron chi connectivity index (χ0n) is 7.68. The van der Waals surface area contributed by atoms with Gasteiger partial charge >= 0.3 is 6.30 Å². The fourth-order valence-corrected chi connectivity index (χ4v) is 2.13. The highest BCUT2D eigenvalue weighted by Gasteiger charge is 2.44. The van der Waals surface area contributed by atoms with Crippen molar-refractivity contribution in [2.75, 3.05) is 6.61 Å². The minimum absolute atomic E-state index is 0.0409. The minimum Gasteiger partial charge on any atom is -0.262 e. The van der Waals surface area contributed by atoms with Gasteiger partial charge in [-0.25, -0.2) is 0 Å². The second kappa shape index (κ2) is 3.46. The van der Waals surface area contributed by atoms with Crippen LogP contribution in [-0.2, 0) is 4.84 Å². The maximum atomic E-state index is 12.4. The summed E-state index contributed by atoms with van der Waals surface area (Å²) in [5.74, 6) is 0.0409. The molecule has 0 bridgehead atoms. The van der Waals surface area contributed by atoms with Crippen LogP contribution in [0.2, 0.25) is 0 Å². The number of hydrogen-bond donors (Lipinski definition) is 0. The second-order valence-electron chi connectivity index (χ2n) is 3.67. The van der Waals surface area contributed by atoms with E-state index in [9.17, 15) is 13.2 Å². The molecule has 0 amide bonds. The molecule has 1 fully saturated rings. The van der Waals surface area contributed by atoms with Gasteiger partial charge in [0, 0.05) is 5.92 Å². The lowest BCUT2D eigenvalue weighted by Gasteiger charge is -2.25. The Kier molecular flexibility index (Phi) is 2.43. The second-order valence-corrected chi connectivity index (χ2v) is 3.67. The summed E-state index contributed by atoms with van der Waals surface area (Å²) in [5, 5.41) is 0.128. The summed E-state index contributed by atoms with van der Waals surface area (Å²) in [6, 6.07) is 0. The molecule has 1 aliphatic carbocycles. The molecule has 0 aromatic heterocycles. The minimum atomic E-state index is -4.40. The predicted octanol–water partition coefficient (Wildman–Crippen LogP) is 2.83. The van der Waals surface area contributed by atoms with Crippen molar-refractivity contribution in [3.8, 4) is 0 Å². The van der Waals surface area contributed by atoms with Crippen LogP contribution < -0.4 is 0 Å². The zero-order valence-corrected chi connectivity index (χ0v) is 7.68. The topological polar surface area (TPSA) is 12.5 Å². The SMILES string of the molecule is FC(F)(F)N1OCC=C1C1CCCC1. The van der Waals surface area contributed by atoms with Crippen molar-refractivity contribution in [3.05, 3.63) is 11.8 Å². The predicted molar refractivity (Wildman–Crippen MR) is 43.9 cm³/mol. The number of rotatable bonds is 1. The third-order valence-electron chi connectivity index (χ3n) is 2.73. The van der Waals surface area contributed by atoms with Crippen LogP contribution >= 0.6 is 0 Å². The zero-order chi connectivity index (χ0) is 10.2. The van der Waals surface area contributed by atoms with Crippen LogP contribution in [0.3, 0.4) is 0 Å². The third-order valence-corrected chi connectivity index (χ3v) is 2.73. The van der Waals surface area contributed by atoms with Crippen molar-refractivity contribution in [2.24, 2.45) is 5.92 Å². The van der Waals surface area contributed by atoms with Gasteiger partial charge in [0.05, 0.1) is 12.3 Å². The summed E-state index contributed by atoms with van der Waals surface area (Å²) in [7, 11) is 0. The first-order valence-electron chi connectivity index (χ1n) is 4.79. The van der Waals surface area contributed by atoms with Crippen molar-refractivity contribution < 1.29 is 18.0 Å². The Balaban J connectivity index is 2.09. The summed E-state index contributed by atoms with van der Waals surface area (Å²) in [5.41, 5.74) is 0.315. The number of halogens is 3. The Bertz CT molecular complexity index is 243. The van der Waals surface area contributed by atoms with E-state index in [0.717, 1.165) is 25.7 Å². The molecule has 1 saturated carbocycles. The summed E-state index contributed by atoms with van der Waals surface area (Å²) in [6.45, 7) is 0.0470. The van der Waals surface area contributed by atoms with E-state index in [2.05, 4.69) is 4.84 Å². The van der Waals surface area contributed by atoms with E-state index >= 15 is 0 Å². The Morgan fingerprint density at radius 3 is 2.50 bits per heavy atom. The molecule has 5 heteroatoms. The molecular formula is C9H12F3NO. The van der Waals surface area contributed by atoms with E-state index < -0.39 is 6.30 Å². The van der Waals surface area contributed by atoms with E-state index in [1.807, 2.05) is 0 Å². The van der Waals surface area contributed by atoms with Crippen LogP contribution in [0.25, 0.3) is 0 Å². The number of hydrogen-bond acceptors (Lipinski definition) is 2. The van der Waals surface area contributed by atoms with Gasteiger partial charge in [-0.1, -0.05) is 12.8 Å². The van der Waals surface area contributed by atoms with Crippen molar-refractivity contribution in [1.29, 1.82) is 0 Å². The Labute approximate surface area is 80.3 Å². The lowest BCUT2D eigenvalue weighted by Crippen LogP contribution is -2.36. The molecule has 14 heavy (non-hydrogen) atoms. The molecular weight excluding hydrogens is 195 g/mol. The number of hydroxylamine groups is 2. The van der Waals surface area contributed by atoms with Gasteiger partial charge in [0.15, 0.2) is 0 Å². The van der Waals surface area contributed by atoms with Crippen LogP contribution in [0.4, 0.5) is 13.2 Å². The van der Waals surface area contributed by atoms with Gasteiger partial charge in [0.25, 0.3) is 0 Å². The first kappa shape index (κ1) is 9.83. The summed E-state index contributed by atoms with van der Waals surface area (Å²) in [4.78, 5) is 4.56. The van der Waals surface area contributed by atoms with Crippen molar-refractivity contribution in [3.63, 3.8) is 0 Å². The van der Waals surface area contributed by atoms with Crippen molar-refractivity contribution in [1.82, 2.24) is 5.06 Å². The molecule has 2 rings (SSSR count). The van der Waals surface area contributed by atoms with Crippen LogP contribution in [0.15, 0.2) is 11.8 Å². The van der Waals surface area contributed by atoms with Crippen LogP contribution in [0.1, 0.15) is 25.7 Å². The molecule has 2 nitrogen and oxygen atoms in total. The van der Waals surface area contributed by atoms with E-state index in [1.165, 1.54) is 0 Å². The molecule has 0 radical (unpaired) electrons. The highest BCUT2D eigenvalue weighted by atomic mass is 19.4. The smallest absolute Gasteiger partial charge is 0.262 e. The van der Waals surface area contributed by atoms with Crippen LogP contribution in [0, 0.1) is 5.92 Å². The van der Waals surface area contributed by atoms with E-state index in [-0.39, 0.29) is 17.6 Å². The highest BCUT2D eigenvalue weighted by molar-refractivity contribution is 5.09. The highest BCUT2D eigenvalue weighted by Crippen LogP contribution is 2.39. The maximum absolute atomic E-state index is 12.4. The van der Waals surface area contributed by atoms with Crippen molar-refractivity contribution in [2.45, 2.75) is 32.0 Å². The van der Waals surface area contributed by atoms with Gasteiger partial charge in [-0.3, -0.25) is 4.84 Å². The average molecular weight is 207 g/mol. The first-order valence-corrected chi connectivity index (χ1v) is 4.79. The molecule has 0 N–H and O–H groups in total. The van der Waals surface area contributed by atoms with Crippen LogP contribution in [0.5, 0.6) is 0 Å². The van der Waals surface area contributed by atoms with Gasteiger partial charge in [-0.15, -0.1) is 13.2 Å².